The summed E-state index contributed by atoms with van der Waals surface area (Å²) in [5.74, 6) is -0.564. The normalized spacial score (nSPS) is 13.5. The van der Waals surface area contributed by atoms with Crippen LogP contribution in [0.25, 0.3) is 0 Å². The lowest BCUT2D eigenvalue weighted by molar-refractivity contribution is -0.150. The van der Waals surface area contributed by atoms with Crippen LogP contribution in [0, 0.1) is 0 Å². The molecule has 0 aromatic rings. The zero-order valence-electron chi connectivity index (χ0n) is 42.7. The van der Waals surface area contributed by atoms with Gasteiger partial charge < -0.3 is 20.3 Å². The number of unbranched alkanes of at least 4 members (excludes halogenated alkanes) is 31. The molecule has 0 aliphatic carbocycles. The number of carbonyl (C=O) groups excluding carboxylic acids is 2. The molecular formula is C58H107NO5. The van der Waals surface area contributed by atoms with E-state index in [1.54, 1.807) is 0 Å². The van der Waals surface area contributed by atoms with Crippen LogP contribution in [0.1, 0.15) is 284 Å². The van der Waals surface area contributed by atoms with Gasteiger partial charge in [0.25, 0.3) is 0 Å². The molecule has 0 saturated heterocycles. The van der Waals surface area contributed by atoms with E-state index in [2.05, 4.69) is 68.6 Å². The number of hydrogen-bond acceptors (Lipinski definition) is 5. The van der Waals surface area contributed by atoms with Gasteiger partial charge in [-0.15, -0.1) is 0 Å². The van der Waals surface area contributed by atoms with E-state index in [0.717, 1.165) is 57.8 Å². The van der Waals surface area contributed by atoms with Crippen LogP contribution in [0.2, 0.25) is 0 Å². The number of hydrogen-bond donors (Lipinski definition) is 3. The van der Waals surface area contributed by atoms with Gasteiger partial charge in [0.05, 0.1) is 25.2 Å². The molecule has 3 N–H and O–H groups in total. The standard InChI is InChI=1S/C58H107NO5/c1-4-7-10-13-16-19-22-25-28-30-33-36-39-42-45-48-51-58(63)64-54(49-46-43-40-37-34-31-29-26-23-20-17-14-11-8-5-2)52-57(62)59-55(53-60)56(61)50-47-44-41-38-35-32-27-24-21-18-15-12-9-6-3/h17,20,26,29,34,37,43,46,54-56,60-61H,4-16,18-19,21-25,27-28,30-33,35-36,38-42,44-45,47-53H2,1-3H3,(H,59,62)/b20-17-,29-26-,37-34-,46-43-. The number of carbonyl (C=O) groups is 2. The number of esters is 1. The van der Waals surface area contributed by atoms with Crippen molar-refractivity contribution >= 4 is 11.9 Å². The molecular weight excluding hydrogens is 791 g/mol. The fraction of sp³-hybridized carbons (Fsp3) is 0.828. The Bertz CT molecular complexity index is 1100. The predicted octanol–water partition coefficient (Wildman–Crippen LogP) is 17.0. The maximum absolute atomic E-state index is 13.2. The summed E-state index contributed by atoms with van der Waals surface area (Å²) in [5, 5.41) is 23.8. The van der Waals surface area contributed by atoms with Crippen molar-refractivity contribution in [2.75, 3.05) is 6.61 Å². The Morgan fingerprint density at radius 1 is 0.469 bits per heavy atom. The number of aliphatic hydroxyl groups is 2. The van der Waals surface area contributed by atoms with Crippen LogP contribution in [0.15, 0.2) is 48.6 Å². The second-order valence-corrected chi connectivity index (χ2v) is 19.0. The molecule has 0 spiro atoms. The minimum absolute atomic E-state index is 0.00476. The monoisotopic (exact) mass is 898 g/mol. The Hall–Kier alpha value is -2.18. The van der Waals surface area contributed by atoms with Gasteiger partial charge >= 0.3 is 5.97 Å². The lowest BCUT2D eigenvalue weighted by Crippen LogP contribution is -2.46. The number of amides is 1. The van der Waals surface area contributed by atoms with Crippen LogP contribution in [0.3, 0.4) is 0 Å². The van der Waals surface area contributed by atoms with Crippen molar-refractivity contribution in [1.29, 1.82) is 0 Å². The van der Waals surface area contributed by atoms with Gasteiger partial charge in [0.15, 0.2) is 0 Å². The average Bonchev–Trinajstić information content (AvgIpc) is 3.29. The van der Waals surface area contributed by atoms with Gasteiger partial charge in [-0.1, -0.05) is 268 Å². The van der Waals surface area contributed by atoms with Gasteiger partial charge in [-0.3, -0.25) is 9.59 Å². The molecule has 3 unspecified atom stereocenters. The van der Waals surface area contributed by atoms with E-state index in [4.69, 9.17) is 4.74 Å². The third-order valence-corrected chi connectivity index (χ3v) is 12.7. The second-order valence-electron chi connectivity index (χ2n) is 19.0. The number of allylic oxidation sites excluding steroid dienone is 7. The lowest BCUT2D eigenvalue weighted by atomic mass is 10.0. The van der Waals surface area contributed by atoms with E-state index >= 15 is 0 Å². The summed E-state index contributed by atoms with van der Waals surface area (Å²) < 4.78 is 5.89. The highest BCUT2D eigenvalue weighted by Gasteiger charge is 2.23. The quantitative estimate of drug-likeness (QED) is 0.0321. The minimum atomic E-state index is -0.810. The van der Waals surface area contributed by atoms with Crippen molar-refractivity contribution in [2.24, 2.45) is 0 Å². The van der Waals surface area contributed by atoms with Gasteiger partial charge in [0.1, 0.15) is 6.10 Å². The maximum Gasteiger partial charge on any atom is 0.306 e. The molecule has 0 aromatic carbocycles. The first kappa shape index (κ1) is 61.8. The van der Waals surface area contributed by atoms with Crippen molar-refractivity contribution in [3.63, 3.8) is 0 Å². The molecule has 0 heterocycles. The van der Waals surface area contributed by atoms with Crippen molar-refractivity contribution in [2.45, 2.75) is 302 Å². The van der Waals surface area contributed by atoms with Crippen molar-refractivity contribution < 1.29 is 24.5 Å². The summed E-state index contributed by atoms with van der Waals surface area (Å²) in [6.45, 7) is 6.45. The van der Waals surface area contributed by atoms with Gasteiger partial charge in [0.2, 0.25) is 5.91 Å². The number of nitrogens with one attached hydrogen (secondary N) is 1. The van der Waals surface area contributed by atoms with E-state index < -0.39 is 18.2 Å². The van der Waals surface area contributed by atoms with Crippen molar-refractivity contribution in [3.8, 4) is 0 Å². The Balaban J connectivity index is 4.65. The molecule has 0 saturated carbocycles. The summed E-state index contributed by atoms with van der Waals surface area (Å²) in [6, 6.07) is -0.729. The van der Waals surface area contributed by atoms with Crippen LogP contribution >= 0.6 is 0 Å². The SMILES string of the molecule is CCCCC/C=C\C/C=C\C/C=C\C/C=C\CC(CC(=O)NC(CO)C(O)CCCCCCCCCCCCCCCC)OC(=O)CCCCCCCCCCCCCCCCCC. The molecule has 0 fully saturated rings. The first-order chi connectivity index (χ1) is 31.5. The molecule has 3 atom stereocenters. The Morgan fingerprint density at radius 3 is 1.25 bits per heavy atom. The molecule has 0 aliphatic heterocycles. The smallest absolute Gasteiger partial charge is 0.306 e. The van der Waals surface area contributed by atoms with Gasteiger partial charge in [-0.2, -0.15) is 0 Å². The molecule has 0 bridgehead atoms. The largest absolute Gasteiger partial charge is 0.461 e. The number of aliphatic hydroxyl groups excluding tert-OH is 2. The summed E-state index contributed by atoms with van der Waals surface area (Å²) >= 11 is 0. The van der Waals surface area contributed by atoms with Gasteiger partial charge in [-0.25, -0.2) is 0 Å². The van der Waals surface area contributed by atoms with Crippen LogP contribution in [-0.4, -0.2) is 46.9 Å². The predicted molar refractivity (Wildman–Crippen MR) is 278 cm³/mol. The molecule has 0 aromatic heterocycles. The number of ether oxygens (including phenoxy) is 1. The molecule has 374 valence electrons. The van der Waals surface area contributed by atoms with Crippen LogP contribution < -0.4 is 5.32 Å². The average molecular weight is 898 g/mol. The van der Waals surface area contributed by atoms with Gasteiger partial charge in [-0.05, 0) is 44.9 Å². The molecule has 0 rings (SSSR count). The van der Waals surface area contributed by atoms with E-state index in [-0.39, 0.29) is 24.9 Å². The second kappa shape index (κ2) is 51.8. The lowest BCUT2D eigenvalue weighted by Gasteiger charge is -2.24. The minimum Gasteiger partial charge on any atom is -0.461 e. The fourth-order valence-corrected chi connectivity index (χ4v) is 8.41. The summed E-state index contributed by atoms with van der Waals surface area (Å²) in [4.78, 5) is 26.2. The number of rotatable bonds is 50. The van der Waals surface area contributed by atoms with Crippen LogP contribution in [-0.2, 0) is 14.3 Å². The first-order valence-electron chi connectivity index (χ1n) is 27.9. The summed E-state index contributed by atoms with van der Waals surface area (Å²) in [7, 11) is 0. The van der Waals surface area contributed by atoms with Crippen LogP contribution in [0.4, 0.5) is 0 Å². The fourth-order valence-electron chi connectivity index (χ4n) is 8.41. The molecule has 0 radical (unpaired) electrons. The Labute approximate surface area is 397 Å². The molecule has 6 heteroatoms. The van der Waals surface area contributed by atoms with E-state index in [1.165, 1.54) is 180 Å². The van der Waals surface area contributed by atoms with E-state index in [9.17, 15) is 19.8 Å². The molecule has 64 heavy (non-hydrogen) atoms. The first-order valence-corrected chi connectivity index (χ1v) is 27.9. The Kier molecular flexibility index (Phi) is 50.0. The molecule has 6 nitrogen and oxygen atoms in total. The zero-order valence-corrected chi connectivity index (χ0v) is 42.7. The summed E-state index contributed by atoms with van der Waals surface area (Å²) in [5.41, 5.74) is 0. The highest BCUT2D eigenvalue weighted by molar-refractivity contribution is 5.77. The van der Waals surface area contributed by atoms with E-state index in [1.807, 2.05) is 6.08 Å². The zero-order chi connectivity index (χ0) is 46.7. The Morgan fingerprint density at radius 2 is 0.828 bits per heavy atom. The molecule has 1 amide bonds. The summed E-state index contributed by atoms with van der Waals surface area (Å²) in [6.07, 6.45) is 63.3. The molecule has 0 aliphatic rings. The maximum atomic E-state index is 13.2. The highest BCUT2D eigenvalue weighted by Crippen LogP contribution is 2.17. The van der Waals surface area contributed by atoms with Crippen LogP contribution in [0.5, 0.6) is 0 Å². The van der Waals surface area contributed by atoms with Crippen molar-refractivity contribution in [3.05, 3.63) is 48.6 Å². The topological polar surface area (TPSA) is 95.9 Å². The third kappa shape index (κ3) is 46.4. The third-order valence-electron chi connectivity index (χ3n) is 12.7. The highest BCUT2D eigenvalue weighted by atomic mass is 16.5. The van der Waals surface area contributed by atoms with E-state index in [0.29, 0.717) is 19.3 Å². The van der Waals surface area contributed by atoms with Gasteiger partial charge in [0, 0.05) is 12.8 Å². The van der Waals surface area contributed by atoms with Crippen molar-refractivity contribution in [1.82, 2.24) is 5.32 Å².